The predicted octanol–water partition coefficient (Wildman–Crippen LogP) is 1.36. The van der Waals surface area contributed by atoms with Gasteiger partial charge in [0.15, 0.2) is 0 Å². The number of nitrogens with one attached hydrogen (secondary N) is 1. The summed E-state index contributed by atoms with van der Waals surface area (Å²) < 4.78 is 3.78. The lowest BCUT2D eigenvalue weighted by Gasteiger charge is -2.32. The summed E-state index contributed by atoms with van der Waals surface area (Å²) in [5.74, 6) is 2.46. The SMILES string of the molecule is Cc1cc(NC(=O)CN2CCC[C@@H](Cc3nccn3C)C2)n(C)n1. The Labute approximate surface area is 142 Å². The lowest BCUT2D eigenvalue weighted by Crippen LogP contribution is -2.41. The second-order valence-electron chi connectivity index (χ2n) is 6.74. The van der Waals surface area contributed by atoms with Crippen LogP contribution in [-0.2, 0) is 25.3 Å². The number of aromatic nitrogens is 4. The summed E-state index contributed by atoms with van der Waals surface area (Å²) in [5, 5.41) is 7.20. The van der Waals surface area contributed by atoms with E-state index in [4.69, 9.17) is 0 Å². The van der Waals surface area contributed by atoms with Gasteiger partial charge in [0.2, 0.25) is 5.91 Å². The summed E-state index contributed by atoms with van der Waals surface area (Å²) in [6.45, 7) is 4.28. The minimum Gasteiger partial charge on any atom is -0.338 e. The molecule has 3 rings (SSSR count). The number of likely N-dealkylation sites (tertiary alicyclic amines) is 1. The molecule has 0 saturated carbocycles. The van der Waals surface area contributed by atoms with E-state index >= 15 is 0 Å². The highest BCUT2D eigenvalue weighted by Crippen LogP contribution is 2.20. The highest BCUT2D eigenvalue weighted by molar-refractivity contribution is 5.91. The van der Waals surface area contributed by atoms with E-state index in [1.807, 2.05) is 39.5 Å². The number of carbonyl (C=O) groups is 1. The van der Waals surface area contributed by atoms with Gasteiger partial charge in [-0.3, -0.25) is 14.4 Å². The quantitative estimate of drug-likeness (QED) is 0.899. The Morgan fingerprint density at radius 1 is 1.42 bits per heavy atom. The molecule has 24 heavy (non-hydrogen) atoms. The summed E-state index contributed by atoms with van der Waals surface area (Å²) in [6, 6.07) is 1.89. The number of amides is 1. The van der Waals surface area contributed by atoms with Crippen LogP contribution >= 0.6 is 0 Å². The molecule has 0 bridgehead atoms. The first kappa shape index (κ1) is 16.7. The molecule has 2 aromatic heterocycles. The summed E-state index contributed by atoms with van der Waals surface area (Å²) >= 11 is 0. The second kappa shape index (κ2) is 7.17. The maximum Gasteiger partial charge on any atom is 0.239 e. The van der Waals surface area contributed by atoms with Crippen LogP contribution in [0.4, 0.5) is 5.82 Å². The zero-order valence-corrected chi connectivity index (χ0v) is 14.7. The molecule has 0 aromatic carbocycles. The van der Waals surface area contributed by atoms with Crippen molar-refractivity contribution in [3.8, 4) is 0 Å². The Morgan fingerprint density at radius 2 is 2.25 bits per heavy atom. The normalized spacial score (nSPS) is 18.7. The van der Waals surface area contributed by atoms with Crippen molar-refractivity contribution >= 4 is 11.7 Å². The smallest absolute Gasteiger partial charge is 0.239 e. The lowest BCUT2D eigenvalue weighted by atomic mass is 9.94. The Hall–Kier alpha value is -2.15. The molecule has 2 aromatic rings. The van der Waals surface area contributed by atoms with Gasteiger partial charge in [-0.2, -0.15) is 5.10 Å². The third kappa shape index (κ3) is 4.03. The largest absolute Gasteiger partial charge is 0.338 e. The number of piperidine rings is 1. The first-order valence-corrected chi connectivity index (χ1v) is 8.50. The van der Waals surface area contributed by atoms with Crippen LogP contribution in [0.5, 0.6) is 0 Å². The summed E-state index contributed by atoms with van der Waals surface area (Å²) in [5.41, 5.74) is 0.904. The van der Waals surface area contributed by atoms with Crippen LogP contribution in [0.25, 0.3) is 0 Å². The minimum absolute atomic E-state index is 0.0237. The summed E-state index contributed by atoms with van der Waals surface area (Å²) in [4.78, 5) is 19.0. The molecule has 130 valence electrons. The van der Waals surface area contributed by atoms with Crippen LogP contribution < -0.4 is 5.32 Å². The van der Waals surface area contributed by atoms with Gasteiger partial charge in [-0.15, -0.1) is 0 Å². The van der Waals surface area contributed by atoms with Crippen molar-refractivity contribution in [1.82, 2.24) is 24.2 Å². The first-order chi connectivity index (χ1) is 11.5. The van der Waals surface area contributed by atoms with Crippen LogP contribution in [0, 0.1) is 12.8 Å². The highest BCUT2D eigenvalue weighted by atomic mass is 16.2. The lowest BCUT2D eigenvalue weighted by molar-refractivity contribution is -0.117. The molecule has 7 heteroatoms. The zero-order chi connectivity index (χ0) is 17.1. The molecular weight excluding hydrogens is 304 g/mol. The van der Waals surface area contributed by atoms with Gasteiger partial charge in [0.05, 0.1) is 12.2 Å². The summed E-state index contributed by atoms with van der Waals surface area (Å²) in [6.07, 6.45) is 7.14. The average Bonchev–Trinajstić information content (AvgIpc) is 3.05. The van der Waals surface area contributed by atoms with Crippen LogP contribution in [-0.4, -0.2) is 49.8 Å². The van der Waals surface area contributed by atoms with Gasteiger partial charge in [0.1, 0.15) is 11.6 Å². The standard InChI is InChI=1S/C17H26N6O/c1-13-9-16(22(3)20-13)19-17(24)12-23-7-4-5-14(11-23)10-15-18-6-8-21(15)2/h6,8-9,14H,4-5,7,10-12H2,1-3H3,(H,19,24)/t14-/m0/s1. The third-order valence-corrected chi connectivity index (χ3v) is 4.63. The van der Waals surface area contributed by atoms with Crippen molar-refractivity contribution in [2.45, 2.75) is 26.2 Å². The van der Waals surface area contributed by atoms with Gasteiger partial charge in [-0.05, 0) is 32.2 Å². The average molecular weight is 330 g/mol. The van der Waals surface area contributed by atoms with E-state index in [1.165, 1.54) is 6.42 Å². The molecule has 1 amide bonds. The van der Waals surface area contributed by atoms with Crippen LogP contribution in [0.3, 0.4) is 0 Å². The number of anilines is 1. The van der Waals surface area contributed by atoms with E-state index in [-0.39, 0.29) is 5.91 Å². The van der Waals surface area contributed by atoms with Gasteiger partial charge in [0.25, 0.3) is 0 Å². The molecule has 3 heterocycles. The van der Waals surface area contributed by atoms with Gasteiger partial charge in [-0.1, -0.05) is 0 Å². The fourth-order valence-electron chi connectivity index (χ4n) is 3.43. The molecule has 1 N–H and O–H groups in total. The fraction of sp³-hybridized carbons (Fsp3) is 0.588. The molecule has 0 unspecified atom stereocenters. The van der Waals surface area contributed by atoms with Gasteiger partial charge in [0, 0.05) is 45.5 Å². The Kier molecular flexibility index (Phi) is 4.99. The van der Waals surface area contributed by atoms with E-state index in [0.29, 0.717) is 12.5 Å². The van der Waals surface area contributed by atoms with E-state index in [2.05, 4.69) is 24.9 Å². The molecular formula is C17H26N6O. The molecule has 1 atom stereocenters. The molecule has 1 fully saturated rings. The van der Waals surface area contributed by atoms with Gasteiger partial charge < -0.3 is 9.88 Å². The Morgan fingerprint density at radius 3 is 2.92 bits per heavy atom. The third-order valence-electron chi connectivity index (χ3n) is 4.63. The van der Waals surface area contributed by atoms with Crippen molar-refractivity contribution in [3.05, 3.63) is 30.0 Å². The molecule has 7 nitrogen and oxygen atoms in total. The van der Waals surface area contributed by atoms with Crippen molar-refractivity contribution in [3.63, 3.8) is 0 Å². The molecule has 1 aliphatic heterocycles. The number of hydrogen-bond donors (Lipinski definition) is 1. The molecule has 1 saturated heterocycles. The molecule has 0 radical (unpaired) electrons. The number of carbonyl (C=O) groups excluding carboxylic acids is 1. The molecule has 1 aliphatic rings. The number of aryl methyl sites for hydroxylation is 3. The van der Waals surface area contributed by atoms with Crippen LogP contribution in [0.2, 0.25) is 0 Å². The maximum absolute atomic E-state index is 12.3. The number of imidazole rings is 1. The first-order valence-electron chi connectivity index (χ1n) is 8.50. The monoisotopic (exact) mass is 330 g/mol. The predicted molar refractivity (Wildman–Crippen MR) is 92.7 cm³/mol. The van der Waals surface area contributed by atoms with Gasteiger partial charge >= 0.3 is 0 Å². The highest BCUT2D eigenvalue weighted by Gasteiger charge is 2.23. The Bertz CT molecular complexity index is 704. The van der Waals surface area contributed by atoms with Crippen molar-refractivity contribution in [1.29, 1.82) is 0 Å². The number of hydrogen-bond acceptors (Lipinski definition) is 4. The van der Waals surface area contributed by atoms with E-state index in [9.17, 15) is 4.79 Å². The molecule has 0 aliphatic carbocycles. The Balaban J connectivity index is 1.52. The van der Waals surface area contributed by atoms with E-state index in [1.54, 1.807) is 4.68 Å². The number of rotatable bonds is 5. The molecule has 0 spiro atoms. The van der Waals surface area contributed by atoms with E-state index in [0.717, 1.165) is 43.3 Å². The zero-order valence-electron chi connectivity index (χ0n) is 14.7. The number of nitrogens with zero attached hydrogens (tertiary/aromatic N) is 5. The fourth-order valence-corrected chi connectivity index (χ4v) is 3.43. The van der Waals surface area contributed by atoms with E-state index < -0.39 is 0 Å². The maximum atomic E-state index is 12.3. The van der Waals surface area contributed by atoms with Crippen molar-refractivity contribution in [2.24, 2.45) is 20.0 Å². The van der Waals surface area contributed by atoms with Crippen molar-refractivity contribution in [2.75, 3.05) is 25.0 Å². The summed E-state index contributed by atoms with van der Waals surface area (Å²) in [7, 11) is 3.87. The van der Waals surface area contributed by atoms with Crippen LogP contribution in [0.1, 0.15) is 24.4 Å². The minimum atomic E-state index is 0.0237. The second-order valence-corrected chi connectivity index (χ2v) is 6.74. The van der Waals surface area contributed by atoms with Crippen molar-refractivity contribution < 1.29 is 4.79 Å². The van der Waals surface area contributed by atoms with Crippen LogP contribution in [0.15, 0.2) is 18.5 Å². The van der Waals surface area contributed by atoms with Gasteiger partial charge in [-0.25, -0.2) is 4.98 Å². The topological polar surface area (TPSA) is 68.0 Å².